The Morgan fingerprint density at radius 2 is 2.00 bits per heavy atom. The summed E-state index contributed by atoms with van der Waals surface area (Å²) >= 11 is 0. The molecule has 0 saturated heterocycles. The smallest absolute Gasteiger partial charge is 0.0208 e. The van der Waals surface area contributed by atoms with Gasteiger partial charge in [0.2, 0.25) is 0 Å². The Labute approximate surface area is 74.2 Å². The summed E-state index contributed by atoms with van der Waals surface area (Å²) < 4.78 is 0. The van der Waals surface area contributed by atoms with Crippen molar-refractivity contribution in [2.24, 2.45) is 0 Å². The van der Waals surface area contributed by atoms with Gasteiger partial charge < -0.3 is 4.98 Å². The summed E-state index contributed by atoms with van der Waals surface area (Å²) in [6.07, 6.45) is 9.13. The molecule has 0 amide bonds. The zero-order valence-electron chi connectivity index (χ0n) is 7.77. The lowest BCUT2D eigenvalue weighted by Gasteiger charge is -2.21. The second-order valence-corrected chi connectivity index (χ2v) is 3.91. The van der Waals surface area contributed by atoms with E-state index in [9.17, 15) is 0 Å². The number of H-pyrrole nitrogens is 1. The van der Waals surface area contributed by atoms with E-state index in [1.54, 1.807) is 0 Å². The van der Waals surface area contributed by atoms with Crippen molar-refractivity contribution in [1.82, 2.24) is 4.98 Å². The molecule has 0 spiro atoms. The average molecular weight is 163 g/mol. The van der Waals surface area contributed by atoms with Gasteiger partial charge in [-0.3, -0.25) is 0 Å². The Hall–Kier alpha value is -0.720. The van der Waals surface area contributed by atoms with Gasteiger partial charge in [0.1, 0.15) is 0 Å². The SMILES string of the molecule is Cc1cc[nH]c1C1CCCCC1. The minimum absolute atomic E-state index is 0.828. The van der Waals surface area contributed by atoms with Crippen LogP contribution in [0.15, 0.2) is 12.3 Å². The molecule has 0 unspecified atom stereocenters. The second kappa shape index (κ2) is 3.34. The highest BCUT2D eigenvalue weighted by molar-refractivity contribution is 5.22. The largest absolute Gasteiger partial charge is 0.365 e. The van der Waals surface area contributed by atoms with Crippen LogP contribution in [0, 0.1) is 6.92 Å². The Morgan fingerprint density at radius 1 is 1.25 bits per heavy atom. The summed E-state index contributed by atoms with van der Waals surface area (Å²) in [5, 5.41) is 0. The fraction of sp³-hybridized carbons (Fsp3) is 0.636. The van der Waals surface area contributed by atoms with Gasteiger partial charge >= 0.3 is 0 Å². The lowest BCUT2D eigenvalue weighted by molar-refractivity contribution is 0.436. The summed E-state index contributed by atoms with van der Waals surface area (Å²) in [5.41, 5.74) is 2.94. The first-order valence-electron chi connectivity index (χ1n) is 5.02. The van der Waals surface area contributed by atoms with Gasteiger partial charge in [-0.2, -0.15) is 0 Å². The minimum atomic E-state index is 0.828. The van der Waals surface area contributed by atoms with Gasteiger partial charge in [-0.1, -0.05) is 19.3 Å². The third-order valence-corrected chi connectivity index (χ3v) is 3.01. The Kier molecular flexibility index (Phi) is 2.20. The molecule has 2 rings (SSSR count). The van der Waals surface area contributed by atoms with Crippen LogP contribution in [0.25, 0.3) is 0 Å². The molecular formula is C11H17N. The number of hydrogen-bond acceptors (Lipinski definition) is 0. The van der Waals surface area contributed by atoms with Gasteiger partial charge in [-0.25, -0.2) is 0 Å². The molecule has 1 aliphatic carbocycles. The Morgan fingerprint density at radius 3 is 2.58 bits per heavy atom. The zero-order chi connectivity index (χ0) is 8.39. The molecule has 0 bridgehead atoms. The Bertz CT molecular complexity index is 243. The van der Waals surface area contributed by atoms with Crippen molar-refractivity contribution in [2.45, 2.75) is 44.9 Å². The molecule has 1 aromatic heterocycles. The molecule has 1 N–H and O–H groups in total. The standard InChI is InChI=1S/C11H17N/c1-9-7-8-12-11(9)10-5-3-2-4-6-10/h7-8,10,12H,2-6H2,1H3. The molecule has 1 heterocycles. The first-order valence-corrected chi connectivity index (χ1v) is 5.02. The van der Waals surface area contributed by atoms with Crippen LogP contribution in [0.3, 0.4) is 0 Å². The first-order chi connectivity index (χ1) is 5.88. The highest BCUT2D eigenvalue weighted by Crippen LogP contribution is 2.32. The van der Waals surface area contributed by atoms with Crippen molar-refractivity contribution >= 4 is 0 Å². The lowest BCUT2D eigenvalue weighted by Crippen LogP contribution is -2.05. The molecule has 0 aliphatic heterocycles. The highest BCUT2D eigenvalue weighted by Gasteiger charge is 2.17. The fourth-order valence-electron chi connectivity index (χ4n) is 2.29. The van der Waals surface area contributed by atoms with Gasteiger partial charge in [0.15, 0.2) is 0 Å². The predicted octanol–water partition coefficient (Wildman–Crippen LogP) is 3.37. The quantitative estimate of drug-likeness (QED) is 0.653. The molecule has 1 aromatic rings. The topological polar surface area (TPSA) is 15.8 Å². The van der Waals surface area contributed by atoms with Crippen LogP contribution in [0.2, 0.25) is 0 Å². The number of rotatable bonds is 1. The van der Waals surface area contributed by atoms with Crippen LogP contribution in [0.1, 0.15) is 49.3 Å². The van der Waals surface area contributed by atoms with Crippen molar-refractivity contribution in [1.29, 1.82) is 0 Å². The number of nitrogens with one attached hydrogen (secondary N) is 1. The summed E-state index contributed by atoms with van der Waals surface area (Å²) in [6, 6.07) is 2.18. The van der Waals surface area contributed by atoms with E-state index >= 15 is 0 Å². The van der Waals surface area contributed by atoms with Gasteiger partial charge in [-0.15, -0.1) is 0 Å². The zero-order valence-corrected chi connectivity index (χ0v) is 7.77. The summed E-state index contributed by atoms with van der Waals surface area (Å²) in [7, 11) is 0. The van der Waals surface area contributed by atoms with Gasteiger partial charge in [-0.05, 0) is 37.3 Å². The maximum Gasteiger partial charge on any atom is 0.0208 e. The maximum atomic E-state index is 3.38. The van der Waals surface area contributed by atoms with Gasteiger partial charge in [0.05, 0.1) is 0 Å². The van der Waals surface area contributed by atoms with Crippen molar-refractivity contribution in [3.8, 4) is 0 Å². The molecule has 66 valence electrons. The third kappa shape index (κ3) is 1.40. The fourth-order valence-corrected chi connectivity index (χ4v) is 2.29. The monoisotopic (exact) mass is 163 g/mol. The van der Waals surface area contributed by atoms with E-state index in [1.807, 2.05) is 0 Å². The van der Waals surface area contributed by atoms with Crippen LogP contribution in [0.5, 0.6) is 0 Å². The molecule has 0 radical (unpaired) electrons. The van der Waals surface area contributed by atoms with E-state index in [2.05, 4.69) is 24.2 Å². The number of aromatic amines is 1. The Balaban J connectivity index is 2.13. The molecule has 1 nitrogen and oxygen atoms in total. The van der Waals surface area contributed by atoms with Gasteiger partial charge in [0.25, 0.3) is 0 Å². The van der Waals surface area contributed by atoms with Crippen molar-refractivity contribution < 1.29 is 0 Å². The lowest BCUT2D eigenvalue weighted by atomic mass is 9.86. The van der Waals surface area contributed by atoms with Crippen LogP contribution in [-0.2, 0) is 0 Å². The summed E-state index contributed by atoms with van der Waals surface area (Å²) in [4.78, 5) is 3.38. The molecule has 1 fully saturated rings. The van der Waals surface area contributed by atoms with Crippen LogP contribution < -0.4 is 0 Å². The summed E-state index contributed by atoms with van der Waals surface area (Å²) in [5.74, 6) is 0.828. The average Bonchev–Trinajstić information content (AvgIpc) is 2.53. The van der Waals surface area contributed by atoms with E-state index < -0.39 is 0 Å². The molecule has 1 heteroatoms. The highest BCUT2D eigenvalue weighted by atomic mass is 14.7. The normalized spacial score (nSPS) is 19.8. The maximum absolute atomic E-state index is 3.38. The molecule has 0 aromatic carbocycles. The van der Waals surface area contributed by atoms with Crippen molar-refractivity contribution in [3.63, 3.8) is 0 Å². The van der Waals surface area contributed by atoms with E-state index in [0.717, 1.165) is 5.92 Å². The second-order valence-electron chi connectivity index (χ2n) is 3.91. The molecule has 0 atom stereocenters. The van der Waals surface area contributed by atoms with E-state index in [4.69, 9.17) is 0 Å². The first kappa shape index (κ1) is 7.90. The van der Waals surface area contributed by atoms with Crippen LogP contribution in [0.4, 0.5) is 0 Å². The number of aryl methyl sites for hydroxylation is 1. The van der Waals surface area contributed by atoms with Crippen molar-refractivity contribution in [3.05, 3.63) is 23.5 Å². The molecule has 1 saturated carbocycles. The van der Waals surface area contributed by atoms with Crippen molar-refractivity contribution in [2.75, 3.05) is 0 Å². The molecule has 1 aliphatic rings. The number of aromatic nitrogens is 1. The van der Waals surface area contributed by atoms with E-state index in [-0.39, 0.29) is 0 Å². The molecular weight excluding hydrogens is 146 g/mol. The number of hydrogen-bond donors (Lipinski definition) is 1. The third-order valence-electron chi connectivity index (χ3n) is 3.01. The summed E-state index contributed by atoms with van der Waals surface area (Å²) in [6.45, 7) is 2.21. The van der Waals surface area contributed by atoms with Gasteiger partial charge in [0, 0.05) is 11.9 Å². The van der Waals surface area contributed by atoms with Crippen LogP contribution in [-0.4, -0.2) is 4.98 Å². The van der Waals surface area contributed by atoms with E-state index in [1.165, 1.54) is 43.4 Å². The van der Waals surface area contributed by atoms with Crippen LogP contribution >= 0.6 is 0 Å². The predicted molar refractivity (Wildman–Crippen MR) is 51.4 cm³/mol. The minimum Gasteiger partial charge on any atom is -0.365 e. The van der Waals surface area contributed by atoms with E-state index in [0.29, 0.717) is 0 Å². The molecule has 12 heavy (non-hydrogen) atoms.